The molecule has 0 aromatic carbocycles. The van der Waals surface area contributed by atoms with Crippen LogP contribution in [-0.2, 0) is 0 Å². The summed E-state index contributed by atoms with van der Waals surface area (Å²) >= 11 is 0. The SMILES string of the molecule is O=c1cc(-c2cccnc2)oc2cccnc12. The van der Waals surface area contributed by atoms with Crippen molar-refractivity contribution in [3.63, 3.8) is 0 Å². The monoisotopic (exact) mass is 224 g/mol. The van der Waals surface area contributed by atoms with Gasteiger partial charge in [0, 0.05) is 30.2 Å². The summed E-state index contributed by atoms with van der Waals surface area (Å²) in [6.07, 6.45) is 4.90. The summed E-state index contributed by atoms with van der Waals surface area (Å²) in [4.78, 5) is 19.8. The molecule has 0 saturated carbocycles. The predicted octanol–water partition coefficient (Wildman–Crippen LogP) is 2.25. The van der Waals surface area contributed by atoms with E-state index in [4.69, 9.17) is 4.42 Å². The predicted molar refractivity (Wildman–Crippen MR) is 63.5 cm³/mol. The van der Waals surface area contributed by atoms with Crippen LogP contribution in [-0.4, -0.2) is 9.97 Å². The summed E-state index contributed by atoms with van der Waals surface area (Å²) in [7, 11) is 0. The van der Waals surface area contributed by atoms with Gasteiger partial charge in [-0.2, -0.15) is 0 Å². The van der Waals surface area contributed by atoms with Crippen molar-refractivity contribution in [1.29, 1.82) is 0 Å². The number of hydrogen-bond donors (Lipinski definition) is 0. The molecule has 0 bridgehead atoms. The summed E-state index contributed by atoms with van der Waals surface area (Å²) in [6.45, 7) is 0. The molecule has 0 amide bonds. The number of fused-ring (bicyclic) bond motifs is 1. The third-order valence-corrected chi connectivity index (χ3v) is 2.43. The van der Waals surface area contributed by atoms with Crippen LogP contribution in [0, 0.1) is 0 Å². The van der Waals surface area contributed by atoms with E-state index in [0.717, 1.165) is 5.56 Å². The van der Waals surface area contributed by atoms with Gasteiger partial charge in [0.2, 0.25) is 5.43 Å². The van der Waals surface area contributed by atoms with E-state index in [1.54, 1.807) is 36.8 Å². The molecular weight excluding hydrogens is 216 g/mol. The summed E-state index contributed by atoms with van der Waals surface area (Å²) in [6, 6.07) is 8.53. The van der Waals surface area contributed by atoms with Crippen molar-refractivity contribution in [2.75, 3.05) is 0 Å². The van der Waals surface area contributed by atoms with Crippen LogP contribution in [0.15, 0.2) is 58.1 Å². The highest BCUT2D eigenvalue weighted by Crippen LogP contribution is 2.19. The molecule has 0 spiro atoms. The van der Waals surface area contributed by atoms with Gasteiger partial charge in [-0.1, -0.05) is 0 Å². The molecule has 0 aliphatic carbocycles. The molecule has 82 valence electrons. The van der Waals surface area contributed by atoms with Crippen LogP contribution < -0.4 is 5.43 Å². The van der Waals surface area contributed by atoms with Crippen molar-refractivity contribution < 1.29 is 4.42 Å². The van der Waals surface area contributed by atoms with Crippen molar-refractivity contribution in [2.24, 2.45) is 0 Å². The van der Waals surface area contributed by atoms with Gasteiger partial charge < -0.3 is 4.42 Å². The maximum Gasteiger partial charge on any atom is 0.211 e. The van der Waals surface area contributed by atoms with Gasteiger partial charge in [-0.05, 0) is 24.3 Å². The zero-order valence-corrected chi connectivity index (χ0v) is 8.83. The Balaban J connectivity index is 2.30. The van der Waals surface area contributed by atoms with E-state index in [2.05, 4.69) is 9.97 Å². The lowest BCUT2D eigenvalue weighted by molar-refractivity contribution is 0.617. The van der Waals surface area contributed by atoms with Crippen LogP contribution >= 0.6 is 0 Å². The van der Waals surface area contributed by atoms with Gasteiger partial charge in [-0.15, -0.1) is 0 Å². The van der Waals surface area contributed by atoms with Gasteiger partial charge >= 0.3 is 0 Å². The third-order valence-electron chi connectivity index (χ3n) is 2.43. The second-order valence-electron chi connectivity index (χ2n) is 3.57. The molecule has 0 radical (unpaired) electrons. The van der Waals surface area contributed by atoms with E-state index in [9.17, 15) is 4.79 Å². The standard InChI is InChI=1S/C13H8N2O2/c16-10-7-12(9-3-1-5-14-8-9)17-11-4-2-6-15-13(10)11/h1-8H. The molecular formula is C13H8N2O2. The van der Waals surface area contributed by atoms with Gasteiger partial charge in [0.05, 0.1) is 0 Å². The highest BCUT2D eigenvalue weighted by Gasteiger charge is 2.06. The first-order chi connectivity index (χ1) is 8.34. The van der Waals surface area contributed by atoms with Crippen molar-refractivity contribution in [1.82, 2.24) is 9.97 Å². The molecule has 0 saturated heterocycles. The smallest absolute Gasteiger partial charge is 0.211 e. The molecule has 4 heteroatoms. The Hall–Kier alpha value is -2.49. The molecule has 3 aromatic heterocycles. The number of aromatic nitrogens is 2. The second-order valence-corrected chi connectivity index (χ2v) is 3.57. The fourth-order valence-electron chi connectivity index (χ4n) is 1.64. The molecule has 0 unspecified atom stereocenters. The van der Waals surface area contributed by atoms with Crippen LogP contribution in [0.1, 0.15) is 0 Å². The van der Waals surface area contributed by atoms with Gasteiger partial charge in [0.25, 0.3) is 0 Å². The van der Waals surface area contributed by atoms with Gasteiger partial charge in [0.15, 0.2) is 11.1 Å². The molecule has 3 heterocycles. The van der Waals surface area contributed by atoms with Gasteiger partial charge in [-0.3, -0.25) is 9.78 Å². The lowest BCUT2D eigenvalue weighted by Crippen LogP contribution is -2.02. The Morgan fingerprint density at radius 3 is 2.82 bits per heavy atom. The minimum absolute atomic E-state index is 0.147. The average Bonchev–Trinajstić information content (AvgIpc) is 2.40. The zero-order chi connectivity index (χ0) is 11.7. The molecule has 0 aliphatic heterocycles. The largest absolute Gasteiger partial charge is 0.454 e. The fourth-order valence-corrected chi connectivity index (χ4v) is 1.64. The Morgan fingerprint density at radius 1 is 1.12 bits per heavy atom. The lowest BCUT2D eigenvalue weighted by atomic mass is 10.2. The first-order valence-corrected chi connectivity index (χ1v) is 5.14. The Bertz CT molecular complexity index is 720. The quantitative estimate of drug-likeness (QED) is 0.636. The number of pyridine rings is 2. The second kappa shape index (κ2) is 3.83. The highest BCUT2D eigenvalue weighted by molar-refractivity contribution is 5.74. The van der Waals surface area contributed by atoms with E-state index in [1.165, 1.54) is 6.07 Å². The normalized spacial score (nSPS) is 10.6. The average molecular weight is 224 g/mol. The molecule has 3 rings (SSSR count). The van der Waals surface area contributed by atoms with E-state index < -0.39 is 0 Å². The fraction of sp³-hybridized carbons (Fsp3) is 0. The van der Waals surface area contributed by atoms with Crippen LogP contribution in [0.5, 0.6) is 0 Å². The Kier molecular flexibility index (Phi) is 2.19. The topological polar surface area (TPSA) is 56.0 Å². The molecule has 17 heavy (non-hydrogen) atoms. The van der Waals surface area contributed by atoms with Gasteiger partial charge in [0.1, 0.15) is 5.76 Å². The number of rotatable bonds is 1. The highest BCUT2D eigenvalue weighted by atomic mass is 16.3. The lowest BCUT2D eigenvalue weighted by Gasteiger charge is -2.01. The molecule has 0 atom stereocenters. The summed E-state index contributed by atoms with van der Waals surface area (Å²) < 4.78 is 5.63. The number of hydrogen-bond acceptors (Lipinski definition) is 4. The van der Waals surface area contributed by atoms with E-state index in [-0.39, 0.29) is 5.43 Å². The Morgan fingerprint density at radius 2 is 2.00 bits per heavy atom. The minimum Gasteiger partial charge on any atom is -0.454 e. The van der Waals surface area contributed by atoms with Crippen LogP contribution in [0.25, 0.3) is 22.4 Å². The van der Waals surface area contributed by atoms with E-state index in [0.29, 0.717) is 16.9 Å². The molecule has 3 aromatic rings. The maximum atomic E-state index is 11.8. The van der Waals surface area contributed by atoms with E-state index >= 15 is 0 Å². The van der Waals surface area contributed by atoms with Crippen molar-refractivity contribution in [2.45, 2.75) is 0 Å². The third kappa shape index (κ3) is 1.69. The molecule has 0 N–H and O–H groups in total. The van der Waals surface area contributed by atoms with Crippen molar-refractivity contribution in [3.8, 4) is 11.3 Å². The first-order valence-electron chi connectivity index (χ1n) is 5.14. The zero-order valence-electron chi connectivity index (χ0n) is 8.83. The minimum atomic E-state index is -0.147. The number of nitrogens with zero attached hydrogens (tertiary/aromatic N) is 2. The molecule has 0 aliphatic rings. The first kappa shape index (κ1) is 9.72. The van der Waals surface area contributed by atoms with Crippen LogP contribution in [0.3, 0.4) is 0 Å². The van der Waals surface area contributed by atoms with Crippen molar-refractivity contribution >= 4 is 11.1 Å². The van der Waals surface area contributed by atoms with Crippen LogP contribution in [0.2, 0.25) is 0 Å². The van der Waals surface area contributed by atoms with Crippen LogP contribution in [0.4, 0.5) is 0 Å². The summed E-state index contributed by atoms with van der Waals surface area (Å²) in [5, 5.41) is 0. The summed E-state index contributed by atoms with van der Waals surface area (Å²) in [5.41, 5.74) is 1.46. The van der Waals surface area contributed by atoms with Gasteiger partial charge in [-0.25, -0.2) is 4.98 Å². The molecule has 0 fully saturated rings. The molecule has 4 nitrogen and oxygen atoms in total. The Labute approximate surface area is 96.6 Å². The maximum absolute atomic E-state index is 11.8. The summed E-state index contributed by atoms with van der Waals surface area (Å²) in [5.74, 6) is 0.503. The van der Waals surface area contributed by atoms with Crippen molar-refractivity contribution in [3.05, 3.63) is 59.1 Å². The van der Waals surface area contributed by atoms with E-state index in [1.807, 2.05) is 6.07 Å².